The van der Waals surface area contributed by atoms with E-state index in [0.29, 0.717) is 33.9 Å². The van der Waals surface area contributed by atoms with Gasteiger partial charge in [0.15, 0.2) is 11.5 Å². The van der Waals surface area contributed by atoms with Gasteiger partial charge in [-0.3, -0.25) is 14.5 Å². The van der Waals surface area contributed by atoms with Gasteiger partial charge in [-0.1, -0.05) is 49.7 Å². The predicted octanol–water partition coefficient (Wildman–Crippen LogP) is 6.95. The third kappa shape index (κ3) is 5.77. The highest BCUT2D eigenvalue weighted by atomic mass is 32.2. The summed E-state index contributed by atoms with van der Waals surface area (Å²) >= 11 is 1.82. The minimum atomic E-state index is -0.624. The van der Waals surface area contributed by atoms with Gasteiger partial charge in [-0.25, -0.2) is 4.68 Å². The van der Waals surface area contributed by atoms with E-state index < -0.39 is 11.8 Å². The summed E-state index contributed by atoms with van der Waals surface area (Å²) in [6, 6.07) is 25.3. The Hall–Kier alpha value is -5.07. The molecule has 0 bridgehead atoms. The molecule has 6 rings (SSSR count). The Balaban J connectivity index is 1.40. The summed E-state index contributed by atoms with van der Waals surface area (Å²) in [5, 5.41) is 14.9. The number of amides is 2. The number of nitriles is 1. The number of ether oxygens (including phenoxy) is 2. The zero-order chi connectivity index (χ0) is 30.6. The van der Waals surface area contributed by atoms with E-state index in [0.717, 1.165) is 34.7 Å². The molecule has 1 aromatic heterocycles. The number of carbonyl (C=O) groups is 2. The van der Waals surface area contributed by atoms with Crippen LogP contribution in [0.1, 0.15) is 37.8 Å². The molecule has 8 nitrogen and oxygen atoms in total. The van der Waals surface area contributed by atoms with Crippen molar-refractivity contribution in [1.29, 1.82) is 5.26 Å². The minimum absolute atomic E-state index is 0.0165. The Labute approximate surface area is 260 Å². The maximum atomic E-state index is 14.0. The first-order chi connectivity index (χ1) is 21.5. The lowest BCUT2D eigenvalue weighted by Crippen LogP contribution is -2.42. The topological polar surface area (TPSA) is 97.4 Å². The van der Waals surface area contributed by atoms with Crippen molar-refractivity contribution in [2.24, 2.45) is 0 Å². The molecule has 9 heteroatoms. The van der Waals surface area contributed by atoms with E-state index in [-0.39, 0.29) is 24.5 Å². The number of hydrogen-bond donors (Lipinski definition) is 0. The third-order valence-electron chi connectivity index (χ3n) is 7.56. The van der Waals surface area contributed by atoms with Gasteiger partial charge in [-0.2, -0.15) is 10.4 Å². The van der Waals surface area contributed by atoms with Crippen molar-refractivity contribution >= 4 is 29.7 Å². The van der Waals surface area contributed by atoms with E-state index in [1.165, 1.54) is 4.90 Å². The first-order valence-electron chi connectivity index (χ1n) is 14.4. The number of aromatic nitrogens is 2. The molecule has 220 valence electrons. The molecule has 0 spiro atoms. The van der Waals surface area contributed by atoms with E-state index >= 15 is 0 Å². The van der Waals surface area contributed by atoms with Gasteiger partial charge in [-0.05, 0) is 72.7 Å². The Kier molecular flexibility index (Phi) is 8.35. The van der Waals surface area contributed by atoms with Gasteiger partial charge < -0.3 is 9.47 Å². The normalized spacial score (nSPS) is 15.3. The van der Waals surface area contributed by atoms with Crippen molar-refractivity contribution in [3.8, 4) is 34.5 Å². The van der Waals surface area contributed by atoms with Gasteiger partial charge in [-0.15, -0.1) is 11.8 Å². The number of para-hydroxylation sites is 1. The van der Waals surface area contributed by atoms with Crippen LogP contribution in [0.2, 0.25) is 0 Å². The molecule has 0 aliphatic carbocycles. The third-order valence-corrected chi connectivity index (χ3v) is 8.66. The van der Waals surface area contributed by atoms with Crippen LogP contribution in [-0.4, -0.2) is 39.0 Å². The molecule has 0 atom stereocenters. The van der Waals surface area contributed by atoms with Crippen LogP contribution in [-0.2, 0) is 16.1 Å². The van der Waals surface area contributed by atoms with Crippen molar-refractivity contribution in [2.75, 3.05) is 12.5 Å². The first-order valence-corrected chi connectivity index (χ1v) is 15.4. The standard InChI is InChI=1S/C35H30N4O4S/c1-3-4-16-44-28-13-11-25(12-14-28)33-26(21-39(37-33)27-8-6-5-7-9-27)18-29-23(2)30(19-36)35(41)38(34(29)40)20-24-10-15-31-32(17-24)43-22-42-31/h5-15,17-18,21H,3-4,16,20,22H2,1-2H3/b29-18+. The maximum Gasteiger partial charge on any atom is 0.271 e. The smallest absolute Gasteiger partial charge is 0.271 e. The minimum Gasteiger partial charge on any atom is -0.454 e. The summed E-state index contributed by atoms with van der Waals surface area (Å²) in [5.41, 5.74) is 4.36. The molecule has 3 aromatic carbocycles. The van der Waals surface area contributed by atoms with Crippen molar-refractivity contribution in [3.63, 3.8) is 0 Å². The van der Waals surface area contributed by atoms with Crippen LogP contribution in [0, 0.1) is 11.3 Å². The number of fused-ring (bicyclic) bond motifs is 1. The van der Waals surface area contributed by atoms with Gasteiger partial charge in [0.05, 0.1) is 17.9 Å². The molecular formula is C35H30N4O4S. The zero-order valence-electron chi connectivity index (χ0n) is 24.4. The fourth-order valence-corrected chi connectivity index (χ4v) is 6.12. The van der Waals surface area contributed by atoms with Crippen LogP contribution in [0.25, 0.3) is 23.0 Å². The lowest BCUT2D eigenvalue weighted by Gasteiger charge is -2.27. The predicted molar refractivity (Wildman–Crippen MR) is 169 cm³/mol. The van der Waals surface area contributed by atoms with Crippen molar-refractivity contribution in [1.82, 2.24) is 14.7 Å². The van der Waals surface area contributed by atoms with Crippen LogP contribution in [0.4, 0.5) is 0 Å². The van der Waals surface area contributed by atoms with Crippen LogP contribution >= 0.6 is 11.8 Å². The number of carbonyl (C=O) groups excluding carboxylic acids is 2. The number of benzene rings is 3. The molecule has 0 saturated carbocycles. The summed E-state index contributed by atoms with van der Waals surface area (Å²) in [4.78, 5) is 29.6. The number of thioether (sulfide) groups is 1. The van der Waals surface area contributed by atoms with Gasteiger partial charge in [0.2, 0.25) is 6.79 Å². The molecule has 0 fully saturated rings. The average Bonchev–Trinajstić information content (AvgIpc) is 3.70. The number of unbranched alkanes of at least 4 members (excludes halogenated alkanes) is 1. The summed E-state index contributed by atoms with van der Waals surface area (Å²) in [7, 11) is 0. The number of rotatable bonds is 9. The molecular weight excluding hydrogens is 572 g/mol. The van der Waals surface area contributed by atoms with Gasteiger partial charge in [0, 0.05) is 27.8 Å². The Morgan fingerprint density at radius 3 is 2.52 bits per heavy atom. The molecule has 2 aliphatic rings. The second-order valence-corrected chi connectivity index (χ2v) is 11.7. The van der Waals surface area contributed by atoms with E-state index in [1.807, 2.05) is 66.5 Å². The lowest BCUT2D eigenvalue weighted by molar-refractivity contribution is -0.141. The summed E-state index contributed by atoms with van der Waals surface area (Å²) in [6.07, 6.45) is 5.91. The molecule has 2 amide bonds. The Morgan fingerprint density at radius 2 is 1.77 bits per heavy atom. The monoisotopic (exact) mass is 602 g/mol. The van der Waals surface area contributed by atoms with E-state index in [2.05, 4.69) is 19.1 Å². The second-order valence-electron chi connectivity index (χ2n) is 10.5. The van der Waals surface area contributed by atoms with Crippen molar-refractivity contribution in [2.45, 2.75) is 38.1 Å². The van der Waals surface area contributed by atoms with E-state index in [9.17, 15) is 14.9 Å². The number of imide groups is 1. The summed E-state index contributed by atoms with van der Waals surface area (Å²) in [5.74, 6) is 1.11. The number of nitrogens with zero attached hydrogens (tertiary/aromatic N) is 4. The van der Waals surface area contributed by atoms with Crippen molar-refractivity contribution in [3.05, 3.63) is 107 Å². The zero-order valence-corrected chi connectivity index (χ0v) is 25.3. The van der Waals surface area contributed by atoms with Gasteiger partial charge in [0.1, 0.15) is 11.6 Å². The molecule has 2 aliphatic heterocycles. The molecule has 44 heavy (non-hydrogen) atoms. The fourth-order valence-electron chi connectivity index (χ4n) is 5.12. The summed E-state index contributed by atoms with van der Waals surface area (Å²) in [6.45, 7) is 3.93. The fraction of sp³-hybridized carbons (Fsp3) is 0.200. The maximum absolute atomic E-state index is 14.0. The summed E-state index contributed by atoms with van der Waals surface area (Å²) < 4.78 is 12.6. The van der Waals surface area contributed by atoms with Gasteiger partial charge in [0.25, 0.3) is 11.8 Å². The SMILES string of the molecule is CCCCSc1ccc(-c2nn(-c3ccccc3)cc2/C=C2/C(=O)N(Cc3ccc4c(c3)OCO4)C(=O)C(C#N)=C2C)cc1. The molecule has 0 saturated heterocycles. The molecule has 0 radical (unpaired) electrons. The van der Waals surface area contributed by atoms with Gasteiger partial charge >= 0.3 is 0 Å². The Morgan fingerprint density at radius 1 is 1.00 bits per heavy atom. The highest BCUT2D eigenvalue weighted by Crippen LogP contribution is 2.35. The molecule has 0 N–H and O–H groups in total. The van der Waals surface area contributed by atoms with E-state index in [1.54, 1.807) is 35.9 Å². The second kappa shape index (κ2) is 12.7. The van der Waals surface area contributed by atoms with Crippen LogP contribution in [0.15, 0.2) is 101 Å². The lowest BCUT2D eigenvalue weighted by atomic mass is 9.93. The van der Waals surface area contributed by atoms with Crippen LogP contribution in [0.3, 0.4) is 0 Å². The highest BCUT2D eigenvalue weighted by molar-refractivity contribution is 7.99. The average molecular weight is 603 g/mol. The molecule has 3 heterocycles. The largest absolute Gasteiger partial charge is 0.454 e. The van der Waals surface area contributed by atoms with E-state index in [4.69, 9.17) is 14.6 Å². The van der Waals surface area contributed by atoms with Crippen LogP contribution < -0.4 is 9.47 Å². The van der Waals surface area contributed by atoms with Crippen LogP contribution in [0.5, 0.6) is 11.5 Å². The highest BCUT2D eigenvalue weighted by Gasteiger charge is 2.36. The number of hydrogen-bond acceptors (Lipinski definition) is 7. The van der Waals surface area contributed by atoms with Crippen molar-refractivity contribution < 1.29 is 19.1 Å². The molecule has 4 aromatic rings. The quantitative estimate of drug-likeness (QED) is 0.0885. The molecule has 0 unspecified atom stereocenters. The first kappa shape index (κ1) is 29.0. The Bertz CT molecular complexity index is 1830.